The molecule has 0 radical (unpaired) electrons. The van der Waals surface area contributed by atoms with E-state index in [0.717, 1.165) is 29.8 Å². The summed E-state index contributed by atoms with van der Waals surface area (Å²) >= 11 is 0. The number of anilines is 1. The van der Waals surface area contributed by atoms with Crippen LogP contribution >= 0.6 is 0 Å². The quantitative estimate of drug-likeness (QED) is 0.879. The molecule has 110 valence electrons. The van der Waals surface area contributed by atoms with Gasteiger partial charge in [0.15, 0.2) is 0 Å². The molecule has 2 unspecified atom stereocenters. The van der Waals surface area contributed by atoms with Crippen LogP contribution in [0.15, 0.2) is 12.1 Å². The first-order valence-electron chi connectivity index (χ1n) is 7.76. The number of phenols is 1. The molecule has 0 bridgehead atoms. The van der Waals surface area contributed by atoms with Gasteiger partial charge in [-0.2, -0.15) is 0 Å². The van der Waals surface area contributed by atoms with Crippen molar-refractivity contribution in [3.05, 3.63) is 23.3 Å². The van der Waals surface area contributed by atoms with Crippen LogP contribution in [0.4, 0.5) is 5.69 Å². The third kappa shape index (κ3) is 1.91. The summed E-state index contributed by atoms with van der Waals surface area (Å²) in [5, 5.41) is 13.7. The van der Waals surface area contributed by atoms with E-state index in [1.165, 1.54) is 19.3 Å². The van der Waals surface area contributed by atoms with Gasteiger partial charge in [0.1, 0.15) is 5.75 Å². The molecule has 1 spiro atoms. The first-order valence-corrected chi connectivity index (χ1v) is 7.76. The lowest BCUT2D eigenvalue weighted by Crippen LogP contribution is -2.64. The van der Waals surface area contributed by atoms with Crippen molar-refractivity contribution < 1.29 is 9.84 Å². The number of aryl methyl sites for hydroxylation is 1. The number of nitrogens with one attached hydrogen (secondary N) is 1. The van der Waals surface area contributed by atoms with E-state index in [1.54, 1.807) is 0 Å². The van der Waals surface area contributed by atoms with Gasteiger partial charge in [0.25, 0.3) is 0 Å². The van der Waals surface area contributed by atoms with Crippen LogP contribution in [0.3, 0.4) is 0 Å². The number of benzene rings is 1. The van der Waals surface area contributed by atoms with Crippen LogP contribution in [-0.4, -0.2) is 23.9 Å². The Kier molecular flexibility index (Phi) is 3.41. The van der Waals surface area contributed by atoms with E-state index in [0.29, 0.717) is 23.3 Å². The van der Waals surface area contributed by atoms with E-state index in [4.69, 9.17) is 4.74 Å². The van der Waals surface area contributed by atoms with Crippen molar-refractivity contribution in [2.45, 2.75) is 58.6 Å². The zero-order chi connectivity index (χ0) is 14.3. The van der Waals surface area contributed by atoms with Gasteiger partial charge < -0.3 is 15.2 Å². The van der Waals surface area contributed by atoms with Gasteiger partial charge in [0.05, 0.1) is 6.10 Å². The summed E-state index contributed by atoms with van der Waals surface area (Å²) in [6.07, 6.45) is 5.37. The average molecular weight is 275 g/mol. The molecule has 2 aliphatic rings. The minimum Gasteiger partial charge on any atom is -0.507 e. The molecule has 0 heterocycles. The van der Waals surface area contributed by atoms with E-state index < -0.39 is 0 Å². The average Bonchev–Trinajstić information content (AvgIpc) is 2.35. The van der Waals surface area contributed by atoms with Gasteiger partial charge in [-0.3, -0.25) is 0 Å². The highest BCUT2D eigenvalue weighted by molar-refractivity contribution is 5.60. The molecule has 0 aromatic heterocycles. The Morgan fingerprint density at radius 2 is 2.10 bits per heavy atom. The summed E-state index contributed by atoms with van der Waals surface area (Å²) in [5.41, 5.74) is 3.31. The lowest BCUT2D eigenvalue weighted by Gasteiger charge is -2.61. The van der Waals surface area contributed by atoms with Crippen LogP contribution in [0.2, 0.25) is 0 Å². The number of hydrogen-bond donors (Lipinski definition) is 2. The van der Waals surface area contributed by atoms with Gasteiger partial charge in [-0.1, -0.05) is 12.5 Å². The fourth-order valence-corrected chi connectivity index (χ4v) is 3.82. The molecule has 3 nitrogen and oxygen atoms in total. The van der Waals surface area contributed by atoms with E-state index in [9.17, 15) is 5.11 Å². The summed E-state index contributed by atoms with van der Waals surface area (Å²) in [6.45, 7) is 6.81. The summed E-state index contributed by atoms with van der Waals surface area (Å²) < 4.78 is 5.89. The van der Waals surface area contributed by atoms with Crippen LogP contribution in [0.25, 0.3) is 0 Å². The van der Waals surface area contributed by atoms with Crippen molar-refractivity contribution in [3.63, 3.8) is 0 Å². The van der Waals surface area contributed by atoms with Gasteiger partial charge in [-0.25, -0.2) is 0 Å². The highest BCUT2D eigenvalue weighted by atomic mass is 16.5. The normalized spacial score (nSPS) is 26.9. The lowest BCUT2D eigenvalue weighted by molar-refractivity contribution is -0.157. The predicted molar refractivity (Wildman–Crippen MR) is 81.3 cm³/mol. The van der Waals surface area contributed by atoms with E-state index in [1.807, 2.05) is 19.9 Å². The lowest BCUT2D eigenvalue weighted by atomic mass is 9.51. The molecule has 3 rings (SSSR count). The van der Waals surface area contributed by atoms with Gasteiger partial charge in [0.2, 0.25) is 0 Å². The molecule has 2 fully saturated rings. The maximum absolute atomic E-state index is 10.1. The molecular weight excluding hydrogens is 250 g/mol. The Labute approximate surface area is 121 Å². The second kappa shape index (κ2) is 4.96. The molecule has 2 saturated carbocycles. The standard InChI is InChI=1S/C17H25NO2/c1-4-20-15-10-14(17(15)8-5-9-17)18-13-7-6-11(2)16(19)12(13)3/h6-7,14-15,18-19H,4-5,8-10H2,1-3H3. The Balaban J connectivity index is 1.75. The van der Waals surface area contributed by atoms with Crippen molar-refractivity contribution in [2.24, 2.45) is 5.41 Å². The molecule has 2 aliphatic carbocycles. The van der Waals surface area contributed by atoms with Crippen LogP contribution in [0, 0.1) is 19.3 Å². The largest absolute Gasteiger partial charge is 0.507 e. The number of hydrogen-bond acceptors (Lipinski definition) is 3. The van der Waals surface area contributed by atoms with Crippen LogP contribution in [0.1, 0.15) is 43.7 Å². The maximum Gasteiger partial charge on any atom is 0.123 e. The molecule has 1 aromatic carbocycles. The van der Waals surface area contributed by atoms with Gasteiger partial charge >= 0.3 is 0 Å². The highest BCUT2D eigenvalue weighted by Crippen LogP contribution is 2.58. The molecular formula is C17H25NO2. The Hall–Kier alpha value is -1.22. The van der Waals surface area contributed by atoms with Gasteiger partial charge in [-0.05, 0) is 51.7 Å². The Morgan fingerprint density at radius 1 is 1.35 bits per heavy atom. The van der Waals surface area contributed by atoms with E-state index >= 15 is 0 Å². The molecule has 0 amide bonds. The number of ether oxygens (including phenoxy) is 1. The minimum atomic E-state index is 0.350. The summed E-state index contributed by atoms with van der Waals surface area (Å²) in [4.78, 5) is 0. The number of rotatable bonds is 4. The first kappa shape index (κ1) is 13.7. The maximum atomic E-state index is 10.1. The molecule has 0 aliphatic heterocycles. The van der Waals surface area contributed by atoms with Gasteiger partial charge in [0, 0.05) is 29.3 Å². The van der Waals surface area contributed by atoms with E-state index in [2.05, 4.69) is 18.3 Å². The SMILES string of the molecule is CCOC1CC(Nc2ccc(C)c(O)c2C)C12CCC2. The Morgan fingerprint density at radius 3 is 2.70 bits per heavy atom. The monoisotopic (exact) mass is 275 g/mol. The molecule has 0 saturated heterocycles. The zero-order valence-corrected chi connectivity index (χ0v) is 12.7. The van der Waals surface area contributed by atoms with Crippen molar-refractivity contribution in [2.75, 3.05) is 11.9 Å². The minimum absolute atomic E-state index is 0.350. The van der Waals surface area contributed by atoms with Gasteiger partial charge in [-0.15, -0.1) is 0 Å². The van der Waals surface area contributed by atoms with Crippen LogP contribution < -0.4 is 5.32 Å². The number of phenolic OH excluding ortho intramolecular Hbond substituents is 1. The second-order valence-corrected chi connectivity index (χ2v) is 6.37. The third-order valence-corrected chi connectivity index (χ3v) is 5.40. The molecule has 20 heavy (non-hydrogen) atoms. The molecule has 1 aromatic rings. The van der Waals surface area contributed by atoms with Crippen molar-refractivity contribution in [3.8, 4) is 5.75 Å². The molecule has 2 atom stereocenters. The second-order valence-electron chi connectivity index (χ2n) is 6.37. The Bertz CT molecular complexity index is 508. The van der Waals surface area contributed by atoms with Crippen molar-refractivity contribution >= 4 is 5.69 Å². The summed E-state index contributed by atoms with van der Waals surface area (Å²) in [7, 11) is 0. The fraction of sp³-hybridized carbons (Fsp3) is 0.647. The first-order chi connectivity index (χ1) is 9.58. The van der Waals surface area contributed by atoms with Crippen molar-refractivity contribution in [1.29, 1.82) is 0 Å². The number of aromatic hydroxyl groups is 1. The summed E-state index contributed by atoms with van der Waals surface area (Å²) in [5.74, 6) is 0.415. The van der Waals surface area contributed by atoms with Crippen LogP contribution in [-0.2, 0) is 4.74 Å². The van der Waals surface area contributed by atoms with E-state index in [-0.39, 0.29) is 0 Å². The zero-order valence-electron chi connectivity index (χ0n) is 12.7. The highest BCUT2D eigenvalue weighted by Gasteiger charge is 2.58. The van der Waals surface area contributed by atoms with Crippen LogP contribution in [0.5, 0.6) is 5.75 Å². The van der Waals surface area contributed by atoms with Crippen molar-refractivity contribution in [1.82, 2.24) is 0 Å². The predicted octanol–water partition coefficient (Wildman–Crippen LogP) is 3.77. The summed E-state index contributed by atoms with van der Waals surface area (Å²) in [6, 6.07) is 4.57. The third-order valence-electron chi connectivity index (χ3n) is 5.40. The molecule has 2 N–H and O–H groups in total. The molecule has 3 heteroatoms. The topological polar surface area (TPSA) is 41.5 Å². The fourth-order valence-electron chi connectivity index (χ4n) is 3.82. The smallest absolute Gasteiger partial charge is 0.123 e.